The Bertz CT molecular complexity index is 130. The first kappa shape index (κ1) is 9.96. The molecule has 2 atom stereocenters. The van der Waals surface area contributed by atoms with Crippen molar-refractivity contribution in [3.8, 4) is 0 Å². The fourth-order valence-corrected chi connectivity index (χ4v) is 1.85. The van der Waals surface area contributed by atoms with Crippen molar-refractivity contribution in [1.29, 1.82) is 0 Å². The van der Waals surface area contributed by atoms with E-state index in [2.05, 4.69) is 24.1 Å². The van der Waals surface area contributed by atoms with Crippen LogP contribution in [0.2, 0.25) is 0 Å². The molecule has 0 saturated carbocycles. The largest absolute Gasteiger partial charge is 0.396 e. The van der Waals surface area contributed by atoms with Crippen molar-refractivity contribution in [2.24, 2.45) is 0 Å². The normalized spacial score (nSPS) is 32.2. The van der Waals surface area contributed by atoms with Gasteiger partial charge in [0.25, 0.3) is 0 Å². The lowest BCUT2D eigenvalue weighted by molar-refractivity contribution is 0.116. The Kier molecular flexibility index (Phi) is 3.98. The third kappa shape index (κ3) is 2.44. The van der Waals surface area contributed by atoms with E-state index in [1.165, 1.54) is 0 Å². The highest BCUT2D eigenvalue weighted by molar-refractivity contribution is 4.82. The van der Waals surface area contributed by atoms with Gasteiger partial charge in [0.05, 0.1) is 0 Å². The number of nitrogens with one attached hydrogen (secondary N) is 1. The molecule has 1 fully saturated rings. The summed E-state index contributed by atoms with van der Waals surface area (Å²) in [7, 11) is 0. The first-order valence-corrected chi connectivity index (χ1v) is 4.86. The van der Waals surface area contributed by atoms with Gasteiger partial charge in [-0.25, -0.2) is 0 Å². The number of aliphatic hydroxyl groups excluding tert-OH is 1. The van der Waals surface area contributed by atoms with Crippen molar-refractivity contribution < 1.29 is 5.11 Å². The van der Waals surface area contributed by atoms with Gasteiger partial charge in [-0.3, -0.25) is 4.90 Å². The Morgan fingerprint density at radius 1 is 1.58 bits per heavy atom. The lowest BCUT2D eigenvalue weighted by Gasteiger charge is -2.38. The van der Waals surface area contributed by atoms with Gasteiger partial charge in [-0.15, -0.1) is 0 Å². The van der Waals surface area contributed by atoms with E-state index < -0.39 is 0 Å². The van der Waals surface area contributed by atoms with E-state index in [0.717, 1.165) is 26.1 Å². The molecule has 72 valence electrons. The lowest BCUT2D eigenvalue weighted by atomic mass is 10.1. The number of piperazine rings is 1. The minimum absolute atomic E-state index is 0.303. The Hall–Kier alpha value is -0.120. The van der Waals surface area contributed by atoms with Crippen molar-refractivity contribution in [1.82, 2.24) is 10.2 Å². The molecule has 3 nitrogen and oxygen atoms in total. The van der Waals surface area contributed by atoms with Crippen LogP contribution in [0.4, 0.5) is 0 Å². The van der Waals surface area contributed by atoms with Gasteiger partial charge in [0, 0.05) is 31.8 Å². The topological polar surface area (TPSA) is 35.5 Å². The summed E-state index contributed by atoms with van der Waals surface area (Å²) in [5, 5.41) is 12.3. The molecule has 0 spiro atoms. The Labute approximate surface area is 74.8 Å². The second-order valence-corrected chi connectivity index (χ2v) is 3.56. The maximum absolute atomic E-state index is 8.84. The molecule has 2 N–H and O–H groups in total. The predicted molar refractivity (Wildman–Crippen MR) is 50.2 cm³/mol. The zero-order valence-electron chi connectivity index (χ0n) is 8.08. The summed E-state index contributed by atoms with van der Waals surface area (Å²) >= 11 is 0. The molecule has 3 heteroatoms. The van der Waals surface area contributed by atoms with E-state index in [0.29, 0.717) is 18.7 Å². The summed E-state index contributed by atoms with van der Waals surface area (Å²) in [4.78, 5) is 2.44. The fraction of sp³-hybridized carbons (Fsp3) is 1.00. The molecule has 0 radical (unpaired) electrons. The Balaban J connectivity index is 2.39. The predicted octanol–water partition coefficient (Wildman–Crippen LogP) is 0.0510. The molecule has 1 rings (SSSR count). The van der Waals surface area contributed by atoms with Gasteiger partial charge in [0.1, 0.15) is 0 Å². The first-order chi connectivity index (χ1) is 5.77. The van der Waals surface area contributed by atoms with Crippen molar-refractivity contribution in [3.63, 3.8) is 0 Å². The van der Waals surface area contributed by atoms with E-state index >= 15 is 0 Å². The van der Waals surface area contributed by atoms with Crippen LogP contribution in [0.5, 0.6) is 0 Å². The Morgan fingerprint density at radius 3 is 2.92 bits per heavy atom. The quantitative estimate of drug-likeness (QED) is 0.631. The highest BCUT2D eigenvalue weighted by Crippen LogP contribution is 2.09. The lowest BCUT2D eigenvalue weighted by Crippen LogP contribution is -2.55. The highest BCUT2D eigenvalue weighted by atomic mass is 16.3. The third-order valence-electron chi connectivity index (χ3n) is 2.60. The van der Waals surface area contributed by atoms with Gasteiger partial charge in [-0.2, -0.15) is 0 Å². The zero-order valence-corrected chi connectivity index (χ0v) is 8.08. The summed E-state index contributed by atoms with van der Waals surface area (Å²) in [5.74, 6) is 0. The van der Waals surface area contributed by atoms with Crippen LogP contribution in [-0.2, 0) is 0 Å². The summed E-state index contributed by atoms with van der Waals surface area (Å²) in [6.45, 7) is 7.92. The minimum Gasteiger partial charge on any atom is -0.396 e. The molecular formula is C9H20N2O. The van der Waals surface area contributed by atoms with Gasteiger partial charge in [0.2, 0.25) is 0 Å². The zero-order chi connectivity index (χ0) is 8.97. The number of rotatable bonds is 3. The average molecular weight is 172 g/mol. The maximum Gasteiger partial charge on any atom is 0.0446 e. The molecule has 0 bridgehead atoms. The molecule has 1 unspecified atom stereocenters. The maximum atomic E-state index is 8.84. The smallest absolute Gasteiger partial charge is 0.0446 e. The molecule has 0 aliphatic carbocycles. The van der Waals surface area contributed by atoms with Crippen LogP contribution in [0.1, 0.15) is 20.3 Å². The van der Waals surface area contributed by atoms with Crippen molar-refractivity contribution >= 4 is 0 Å². The molecular weight excluding hydrogens is 152 g/mol. The van der Waals surface area contributed by atoms with E-state index in [1.807, 2.05) is 0 Å². The van der Waals surface area contributed by atoms with Crippen LogP contribution in [0.3, 0.4) is 0 Å². The van der Waals surface area contributed by atoms with Gasteiger partial charge >= 0.3 is 0 Å². The van der Waals surface area contributed by atoms with Crippen LogP contribution >= 0.6 is 0 Å². The van der Waals surface area contributed by atoms with Crippen LogP contribution in [0.25, 0.3) is 0 Å². The van der Waals surface area contributed by atoms with Crippen LogP contribution in [-0.4, -0.2) is 48.3 Å². The summed E-state index contributed by atoms with van der Waals surface area (Å²) in [6.07, 6.45) is 0.896. The second-order valence-electron chi connectivity index (χ2n) is 3.56. The fourth-order valence-electron chi connectivity index (χ4n) is 1.85. The number of likely N-dealkylation sites (N-methyl/N-ethyl adjacent to an activating group) is 1. The third-order valence-corrected chi connectivity index (χ3v) is 2.60. The average Bonchev–Trinajstić information content (AvgIpc) is 2.08. The monoisotopic (exact) mass is 172 g/mol. The van der Waals surface area contributed by atoms with Gasteiger partial charge < -0.3 is 10.4 Å². The highest BCUT2D eigenvalue weighted by Gasteiger charge is 2.23. The summed E-state index contributed by atoms with van der Waals surface area (Å²) < 4.78 is 0. The molecule has 0 aromatic heterocycles. The van der Waals surface area contributed by atoms with E-state index in [4.69, 9.17) is 5.11 Å². The molecule has 1 aliphatic heterocycles. The molecule has 12 heavy (non-hydrogen) atoms. The van der Waals surface area contributed by atoms with E-state index in [-0.39, 0.29) is 0 Å². The van der Waals surface area contributed by atoms with Gasteiger partial charge in [-0.1, -0.05) is 6.92 Å². The van der Waals surface area contributed by atoms with Crippen molar-refractivity contribution in [2.45, 2.75) is 32.4 Å². The van der Waals surface area contributed by atoms with Crippen molar-refractivity contribution in [3.05, 3.63) is 0 Å². The SMILES string of the molecule is CCN1CC(C)NC[C@H]1CCO. The molecule has 0 aromatic carbocycles. The molecule has 1 heterocycles. The van der Waals surface area contributed by atoms with E-state index in [1.54, 1.807) is 0 Å². The van der Waals surface area contributed by atoms with E-state index in [9.17, 15) is 0 Å². The minimum atomic E-state index is 0.303. The van der Waals surface area contributed by atoms with Crippen LogP contribution in [0, 0.1) is 0 Å². The first-order valence-electron chi connectivity index (χ1n) is 4.86. The second kappa shape index (κ2) is 4.80. The summed E-state index contributed by atoms with van der Waals surface area (Å²) in [6, 6.07) is 1.14. The molecule has 1 saturated heterocycles. The van der Waals surface area contributed by atoms with Gasteiger partial charge in [-0.05, 0) is 19.9 Å². The summed E-state index contributed by atoms with van der Waals surface area (Å²) in [5.41, 5.74) is 0. The molecule has 0 amide bonds. The Morgan fingerprint density at radius 2 is 2.33 bits per heavy atom. The molecule has 0 aromatic rings. The number of hydrogen-bond acceptors (Lipinski definition) is 3. The van der Waals surface area contributed by atoms with Gasteiger partial charge in [0.15, 0.2) is 0 Å². The number of hydrogen-bond donors (Lipinski definition) is 2. The van der Waals surface area contributed by atoms with Crippen LogP contribution < -0.4 is 5.32 Å². The standard InChI is InChI=1S/C9H20N2O/c1-3-11-7-8(2)10-6-9(11)4-5-12/h8-10,12H,3-7H2,1-2H3/t8?,9-/m1/s1. The van der Waals surface area contributed by atoms with Crippen LogP contribution in [0.15, 0.2) is 0 Å². The number of nitrogens with zero attached hydrogens (tertiary/aromatic N) is 1. The van der Waals surface area contributed by atoms with Crippen molar-refractivity contribution in [2.75, 3.05) is 26.2 Å². The molecule has 1 aliphatic rings. The number of aliphatic hydroxyl groups is 1.